The average molecular weight is 568 g/mol. The van der Waals surface area contributed by atoms with Crippen molar-refractivity contribution in [1.82, 2.24) is 26.2 Å². The molecule has 0 saturated carbocycles. The summed E-state index contributed by atoms with van der Waals surface area (Å²) in [7, 11) is 0. The van der Waals surface area contributed by atoms with E-state index in [4.69, 9.17) is 17.2 Å². The van der Waals surface area contributed by atoms with E-state index in [1.807, 2.05) is 0 Å². The highest BCUT2D eigenvalue weighted by molar-refractivity contribution is 5.97. The summed E-state index contributed by atoms with van der Waals surface area (Å²) in [6.07, 6.45) is 1.01. The van der Waals surface area contributed by atoms with Crippen LogP contribution in [-0.2, 0) is 33.6 Å². The van der Waals surface area contributed by atoms with Crippen LogP contribution >= 0.6 is 0 Å². The Morgan fingerprint density at radius 1 is 1.02 bits per heavy atom. The van der Waals surface area contributed by atoms with Gasteiger partial charge in [-0.3, -0.25) is 38.6 Å². The summed E-state index contributed by atoms with van der Waals surface area (Å²) in [5, 5.41) is 9.84. The van der Waals surface area contributed by atoms with E-state index in [-0.39, 0.29) is 50.1 Å². The summed E-state index contributed by atoms with van der Waals surface area (Å²) in [5.74, 6) is -4.27. The van der Waals surface area contributed by atoms with Gasteiger partial charge in [0.15, 0.2) is 5.96 Å². The lowest BCUT2D eigenvalue weighted by atomic mass is 10.0. The van der Waals surface area contributed by atoms with Crippen molar-refractivity contribution >= 4 is 47.7 Å². The third-order valence-corrected chi connectivity index (χ3v) is 6.14. The molecule has 0 aromatic heterocycles. The molecule has 2 unspecified atom stereocenters. The second kappa shape index (κ2) is 16.7. The van der Waals surface area contributed by atoms with Crippen molar-refractivity contribution in [3.05, 3.63) is 0 Å². The highest BCUT2D eigenvalue weighted by Crippen LogP contribution is 2.20. The van der Waals surface area contributed by atoms with Crippen LogP contribution in [0.2, 0.25) is 0 Å². The molecule has 1 saturated heterocycles. The molecular weight excluding hydrogens is 526 g/mol. The molecular formula is C24H41N9O7. The van der Waals surface area contributed by atoms with E-state index in [0.717, 1.165) is 0 Å². The number of guanidine groups is 1. The van der Waals surface area contributed by atoms with Gasteiger partial charge in [-0.25, -0.2) is 0 Å². The van der Waals surface area contributed by atoms with Gasteiger partial charge in [-0.2, -0.15) is 0 Å². The van der Waals surface area contributed by atoms with E-state index < -0.39 is 60.1 Å². The maximum absolute atomic E-state index is 13.6. The van der Waals surface area contributed by atoms with Gasteiger partial charge in [0.25, 0.3) is 0 Å². The van der Waals surface area contributed by atoms with Crippen molar-refractivity contribution in [2.24, 2.45) is 28.1 Å². The van der Waals surface area contributed by atoms with E-state index in [1.165, 1.54) is 11.8 Å². The fourth-order valence-electron chi connectivity index (χ4n) is 4.18. The van der Waals surface area contributed by atoms with Crippen LogP contribution in [-0.4, -0.2) is 96.4 Å². The topological polar surface area (TPSA) is 261 Å². The predicted molar refractivity (Wildman–Crippen MR) is 144 cm³/mol. The maximum atomic E-state index is 13.6. The number of nitrogens with one attached hydrogen (secondary N) is 4. The first kappa shape index (κ1) is 33.8. The van der Waals surface area contributed by atoms with E-state index in [2.05, 4.69) is 26.3 Å². The SMILES string of the molecule is CC(=O)CNC(=O)[C@@H]1CCCN1C(=O)[C@H](CCCN=C(N)N)NC(=O)C(CC(N)=O)NC(=O)C(NC=O)C(C)C. The van der Waals surface area contributed by atoms with E-state index in [1.54, 1.807) is 13.8 Å². The zero-order valence-electron chi connectivity index (χ0n) is 23.1. The molecule has 0 bridgehead atoms. The Morgan fingerprint density at radius 3 is 2.23 bits per heavy atom. The van der Waals surface area contributed by atoms with E-state index in [0.29, 0.717) is 19.3 Å². The molecule has 0 radical (unpaired) electrons. The monoisotopic (exact) mass is 567 g/mol. The summed E-state index contributed by atoms with van der Waals surface area (Å²) in [6.45, 7) is 4.88. The average Bonchev–Trinajstić information content (AvgIpc) is 3.36. The largest absolute Gasteiger partial charge is 0.370 e. The smallest absolute Gasteiger partial charge is 0.245 e. The van der Waals surface area contributed by atoms with Crippen molar-refractivity contribution in [3.8, 4) is 0 Å². The summed E-state index contributed by atoms with van der Waals surface area (Å²) in [6, 6.07) is -4.44. The number of carbonyl (C=O) groups is 7. The number of hydrogen-bond donors (Lipinski definition) is 7. The molecule has 4 atom stereocenters. The van der Waals surface area contributed by atoms with Crippen LogP contribution in [0.3, 0.4) is 0 Å². The minimum Gasteiger partial charge on any atom is -0.370 e. The summed E-state index contributed by atoms with van der Waals surface area (Å²) < 4.78 is 0. The number of aliphatic imine (C=N–C) groups is 1. The highest BCUT2D eigenvalue weighted by Gasteiger charge is 2.38. The molecule has 6 amide bonds. The Hall–Kier alpha value is -4.24. The number of nitrogens with two attached hydrogens (primary N) is 3. The maximum Gasteiger partial charge on any atom is 0.245 e. The summed E-state index contributed by atoms with van der Waals surface area (Å²) in [4.78, 5) is 91.3. The fourth-order valence-corrected chi connectivity index (χ4v) is 4.18. The second-order valence-electron chi connectivity index (χ2n) is 9.86. The van der Waals surface area contributed by atoms with Gasteiger partial charge in [0, 0.05) is 13.1 Å². The van der Waals surface area contributed by atoms with Gasteiger partial charge >= 0.3 is 0 Å². The molecule has 1 aliphatic heterocycles. The summed E-state index contributed by atoms with van der Waals surface area (Å²) >= 11 is 0. The molecule has 224 valence electrons. The third kappa shape index (κ3) is 11.2. The molecule has 0 aromatic rings. The zero-order chi connectivity index (χ0) is 30.4. The minimum absolute atomic E-state index is 0.0677. The van der Waals surface area contributed by atoms with Crippen LogP contribution in [0, 0.1) is 5.92 Å². The number of Topliss-reactive ketones (excluding diaryl/α,β-unsaturated/α-hetero) is 1. The van der Waals surface area contributed by atoms with Crippen molar-refractivity contribution < 1.29 is 33.6 Å². The first-order valence-electron chi connectivity index (χ1n) is 13.0. The van der Waals surface area contributed by atoms with E-state index in [9.17, 15) is 33.6 Å². The molecule has 1 rings (SSSR count). The molecule has 0 aliphatic carbocycles. The predicted octanol–water partition coefficient (Wildman–Crippen LogP) is -3.65. The number of nitrogens with zero attached hydrogens (tertiary/aromatic N) is 2. The van der Waals surface area contributed by atoms with Crippen molar-refractivity contribution in [2.45, 2.75) is 77.0 Å². The molecule has 10 N–H and O–H groups in total. The number of primary amides is 1. The van der Waals surface area contributed by atoms with Crippen LogP contribution in [0.4, 0.5) is 0 Å². The van der Waals surface area contributed by atoms with Crippen molar-refractivity contribution in [2.75, 3.05) is 19.6 Å². The highest BCUT2D eigenvalue weighted by atomic mass is 16.2. The fraction of sp³-hybridized carbons (Fsp3) is 0.667. The lowest BCUT2D eigenvalue weighted by Crippen LogP contribution is -2.59. The minimum atomic E-state index is -1.44. The van der Waals surface area contributed by atoms with Gasteiger partial charge in [-0.15, -0.1) is 0 Å². The van der Waals surface area contributed by atoms with Crippen LogP contribution in [0.5, 0.6) is 0 Å². The molecule has 0 aromatic carbocycles. The van der Waals surface area contributed by atoms with Crippen LogP contribution in [0.15, 0.2) is 4.99 Å². The Balaban J connectivity index is 3.16. The number of hydrogen-bond acceptors (Lipinski definition) is 8. The number of carbonyl (C=O) groups excluding carboxylic acids is 7. The molecule has 0 spiro atoms. The Bertz CT molecular complexity index is 982. The number of ketones is 1. The van der Waals surface area contributed by atoms with Gasteiger partial charge < -0.3 is 43.4 Å². The first-order chi connectivity index (χ1) is 18.8. The molecule has 40 heavy (non-hydrogen) atoms. The molecule has 1 aliphatic rings. The van der Waals surface area contributed by atoms with Gasteiger partial charge in [-0.1, -0.05) is 13.8 Å². The normalized spacial score (nSPS) is 16.7. The van der Waals surface area contributed by atoms with Gasteiger partial charge in [0.1, 0.15) is 30.0 Å². The standard InChI is InChI=1S/C24H41N9O7/c1-13(2)19(30-12-34)22(39)32-16(10-18(25)36)20(37)31-15(6-4-8-28-24(26)27)23(40)33-9-5-7-17(33)21(38)29-11-14(3)35/h12-13,15-17,19H,4-11H2,1-3H3,(H2,25,36)(H,29,38)(H,30,34)(H,31,37)(H,32,39)(H4,26,27,28)/t15-,16?,17-,19?/m0/s1. The number of amides is 6. The Kier molecular flexibility index (Phi) is 14.1. The molecule has 16 heteroatoms. The van der Waals surface area contributed by atoms with Gasteiger partial charge in [-0.05, 0) is 38.5 Å². The lowest BCUT2D eigenvalue weighted by Gasteiger charge is -2.30. The number of likely N-dealkylation sites (tertiary alicyclic amines) is 1. The first-order valence-corrected chi connectivity index (χ1v) is 13.0. The quantitative estimate of drug-likeness (QED) is 0.0395. The molecule has 1 heterocycles. The number of rotatable bonds is 17. The Morgan fingerprint density at radius 2 is 1.68 bits per heavy atom. The second-order valence-corrected chi connectivity index (χ2v) is 9.86. The molecule has 16 nitrogen and oxygen atoms in total. The van der Waals surface area contributed by atoms with Gasteiger partial charge in [0.2, 0.25) is 35.9 Å². The zero-order valence-corrected chi connectivity index (χ0v) is 23.1. The van der Waals surface area contributed by atoms with Crippen LogP contribution < -0.4 is 38.5 Å². The van der Waals surface area contributed by atoms with E-state index >= 15 is 0 Å². The molecule has 1 fully saturated rings. The van der Waals surface area contributed by atoms with Gasteiger partial charge in [0.05, 0.1) is 13.0 Å². The van der Waals surface area contributed by atoms with Crippen LogP contribution in [0.1, 0.15) is 52.9 Å². The third-order valence-electron chi connectivity index (χ3n) is 6.14. The Labute approximate surface area is 232 Å². The van der Waals surface area contributed by atoms with Crippen LogP contribution in [0.25, 0.3) is 0 Å². The van der Waals surface area contributed by atoms with Crippen molar-refractivity contribution in [1.29, 1.82) is 0 Å². The lowest BCUT2D eigenvalue weighted by molar-refractivity contribution is -0.142. The van der Waals surface area contributed by atoms with Crippen molar-refractivity contribution in [3.63, 3.8) is 0 Å². The summed E-state index contributed by atoms with van der Waals surface area (Å²) in [5.41, 5.74) is 16.0.